The van der Waals surface area contributed by atoms with Crippen molar-refractivity contribution in [1.82, 2.24) is 10.3 Å². The van der Waals surface area contributed by atoms with Gasteiger partial charge in [0.15, 0.2) is 0 Å². The number of nitrogens with one attached hydrogen (secondary N) is 1. The molecule has 0 aromatic carbocycles. The predicted molar refractivity (Wildman–Crippen MR) is 90.4 cm³/mol. The highest BCUT2D eigenvalue weighted by Gasteiger charge is 2.14. The average Bonchev–Trinajstić information content (AvgIpc) is 3.20. The van der Waals surface area contributed by atoms with E-state index in [-0.39, 0.29) is 11.9 Å². The Labute approximate surface area is 135 Å². The summed E-state index contributed by atoms with van der Waals surface area (Å²) in [7, 11) is 0. The van der Waals surface area contributed by atoms with E-state index in [1.807, 2.05) is 24.4 Å². The third-order valence-corrected chi connectivity index (χ3v) is 5.73. The summed E-state index contributed by atoms with van der Waals surface area (Å²) in [5, 5.41) is 10.1. The number of carbonyl (C=O) groups is 1. The molecule has 1 atom stereocenters. The minimum atomic E-state index is -0.0435. The fourth-order valence-corrected chi connectivity index (χ4v) is 4.31. The topological polar surface area (TPSA) is 42.0 Å². The lowest BCUT2D eigenvalue weighted by Crippen LogP contribution is -2.33. The molecule has 0 aliphatic carbocycles. The summed E-state index contributed by atoms with van der Waals surface area (Å²) in [6, 6.07) is 6.21. The molecule has 0 aliphatic heterocycles. The zero-order valence-electron chi connectivity index (χ0n) is 11.4. The van der Waals surface area contributed by atoms with Crippen LogP contribution in [0.15, 0.2) is 40.5 Å². The summed E-state index contributed by atoms with van der Waals surface area (Å²) < 4.78 is 0. The van der Waals surface area contributed by atoms with Crippen molar-refractivity contribution in [3.63, 3.8) is 0 Å². The molecule has 6 heteroatoms. The summed E-state index contributed by atoms with van der Waals surface area (Å²) in [6.07, 6.45) is 2.51. The summed E-state index contributed by atoms with van der Waals surface area (Å²) in [5.74, 6) is -0.0435. The van der Waals surface area contributed by atoms with E-state index in [2.05, 4.69) is 27.1 Å². The summed E-state index contributed by atoms with van der Waals surface area (Å²) >= 11 is 4.75. The zero-order chi connectivity index (χ0) is 14.7. The van der Waals surface area contributed by atoms with E-state index in [0.717, 1.165) is 16.3 Å². The highest BCUT2D eigenvalue weighted by molar-refractivity contribution is 7.22. The fourth-order valence-electron chi connectivity index (χ4n) is 2.00. The van der Waals surface area contributed by atoms with Gasteiger partial charge in [0, 0.05) is 6.04 Å². The SMILES string of the molecule is CC(Cc1ccsc1)NC(=O)c1cnc(-c2cccs2)s1. The predicted octanol–water partition coefficient (Wildman–Crippen LogP) is 4.29. The van der Waals surface area contributed by atoms with Gasteiger partial charge in [0.2, 0.25) is 0 Å². The molecule has 3 aromatic heterocycles. The largest absolute Gasteiger partial charge is 0.349 e. The van der Waals surface area contributed by atoms with Crippen molar-refractivity contribution in [2.45, 2.75) is 19.4 Å². The van der Waals surface area contributed by atoms with Crippen molar-refractivity contribution in [3.8, 4) is 9.88 Å². The molecule has 3 heterocycles. The number of hydrogen-bond acceptors (Lipinski definition) is 5. The normalized spacial score (nSPS) is 12.2. The number of rotatable bonds is 5. The number of thiophene rings is 2. The van der Waals surface area contributed by atoms with Gasteiger partial charge in [-0.1, -0.05) is 6.07 Å². The molecule has 1 amide bonds. The first-order chi connectivity index (χ1) is 10.2. The number of amides is 1. The van der Waals surface area contributed by atoms with Crippen LogP contribution in [0.5, 0.6) is 0 Å². The Balaban J connectivity index is 1.63. The molecule has 108 valence electrons. The van der Waals surface area contributed by atoms with E-state index >= 15 is 0 Å². The number of carbonyl (C=O) groups excluding carboxylic acids is 1. The molecule has 3 rings (SSSR count). The zero-order valence-corrected chi connectivity index (χ0v) is 13.9. The Morgan fingerprint density at radius 3 is 3.00 bits per heavy atom. The van der Waals surface area contributed by atoms with Crippen LogP contribution in [0.2, 0.25) is 0 Å². The van der Waals surface area contributed by atoms with E-state index in [9.17, 15) is 4.79 Å². The molecule has 1 N–H and O–H groups in total. The lowest BCUT2D eigenvalue weighted by atomic mass is 10.1. The summed E-state index contributed by atoms with van der Waals surface area (Å²) in [6.45, 7) is 2.02. The first-order valence-corrected chi connectivity index (χ1v) is 9.18. The van der Waals surface area contributed by atoms with Crippen LogP contribution < -0.4 is 5.32 Å². The van der Waals surface area contributed by atoms with Gasteiger partial charge in [0.1, 0.15) is 9.88 Å². The molecule has 3 nitrogen and oxygen atoms in total. The van der Waals surface area contributed by atoms with Crippen LogP contribution in [0.4, 0.5) is 0 Å². The third kappa shape index (κ3) is 3.58. The van der Waals surface area contributed by atoms with Crippen molar-refractivity contribution in [3.05, 3.63) is 51.0 Å². The van der Waals surface area contributed by atoms with Gasteiger partial charge in [-0.3, -0.25) is 4.79 Å². The highest BCUT2D eigenvalue weighted by atomic mass is 32.1. The Morgan fingerprint density at radius 2 is 2.29 bits per heavy atom. The van der Waals surface area contributed by atoms with Crippen molar-refractivity contribution in [2.75, 3.05) is 0 Å². The van der Waals surface area contributed by atoms with Crippen LogP contribution >= 0.6 is 34.0 Å². The maximum atomic E-state index is 12.2. The van der Waals surface area contributed by atoms with Gasteiger partial charge in [0.25, 0.3) is 5.91 Å². The van der Waals surface area contributed by atoms with Gasteiger partial charge < -0.3 is 5.32 Å². The number of nitrogens with zero attached hydrogens (tertiary/aromatic N) is 1. The second-order valence-corrected chi connectivity index (χ2v) is 7.48. The monoisotopic (exact) mass is 334 g/mol. The second-order valence-electron chi connectivity index (χ2n) is 4.72. The van der Waals surface area contributed by atoms with Crippen LogP contribution in [-0.2, 0) is 6.42 Å². The van der Waals surface area contributed by atoms with Gasteiger partial charge in [0.05, 0.1) is 11.1 Å². The molecule has 0 radical (unpaired) electrons. The van der Waals surface area contributed by atoms with Crippen LogP contribution in [0.1, 0.15) is 22.2 Å². The minimum Gasteiger partial charge on any atom is -0.349 e. The average molecular weight is 334 g/mol. The second kappa shape index (κ2) is 6.51. The molecule has 0 aliphatic rings. The lowest BCUT2D eigenvalue weighted by Gasteiger charge is -2.11. The Bertz CT molecular complexity index is 701. The molecular formula is C15H14N2OS3. The Hall–Kier alpha value is -1.50. The van der Waals surface area contributed by atoms with Crippen LogP contribution in [0, 0.1) is 0 Å². The summed E-state index contributed by atoms with van der Waals surface area (Å²) in [5.41, 5.74) is 1.26. The van der Waals surface area contributed by atoms with E-state index in [0.29, 0.717) is 4.88 Å². The standard InChI is InChI=1S/C15H14N2OS3/c1-10(7-11-4-6-19-9-11)17-14(18)13-8-16-15(21-13)12-3-2-5-20-12/h2-6,8-10H,7H2,1H3,(H,17,18). The third-order valence-electron chi connectivity index (χ3n) is 2.96. The number of hydrogen-bond donors (Lipinski definition) is 1. The van der Waals surface area contributed by atoms with Gasteiger partial charge in [-0.05, 0) is 47.2 Å². The maximum Gasteiger partial charge on any atom is 0.263 e. The first-order valence-electron chi connectivity index (χ1n) is 6.54. The van der Waals surface area contributed by atoms with E-state index in [4.69, 9.17) is 0 Å². The minimum absolute atomic E-state index is 0.0435. The highest BCUT2D eigenvalue weighted by Crippen LogP contribution is 2.28. The molecule has 3 aromatic rings. The Morgan fingerprint density at radius 1 is 1.38 bits per heavy atom. The van der Waals surface area contributed by atoms with E-state index in [1.54, 1.807) is 28.9 Å². The van der Waals surface area contributed by atoms with E-state index < -0.39 is 0 Å². The van der Waals surface area contributed by atoms with Gasteiger partial charge >= 0.3 is 0 Å². The lowest BCUT2D eigenvalue weighted by molar-refractivity contribution is 0.0944. The smallest absolute Gasteiger partial charge is 0.263 e. The molecule has 21 heavy (non-hydrogen) atoms. The van der Waals surface area contributed by atoms with Crippen LogP contribution in [0.25, 0.3) is 9.88 Å². The molecule has 1 unspecified atom stereocenters. The van der Waals surface area contributed by atoms with Crippen molar-refractivity contribution < 1.29 is 4.79 Å². The van der Waals surface area contributed by atoms with Crippen molar-refractivity contribution in [2.24, 2.45) is 0 Å². The first kappa shape index (κ1) is 14.4. The molecule has 0 saturated heterocycles. The van der Waals surface area contributed by atoms with Crippen molar-refractivity contribution >= 4 is 39.9 Å². The maximum absolute atomic E-state index is 12.2. The quantitative estimate of drug-likeness (QED) is 0.756. The van der Waals surface area contributed by atoms with Crippen LogP contribution in [-0.4, -0.2) is 16.9 Å². The molecule has 0 bridgehead atoms. The summed E-state index contributed by atoms with van der Waals surface area (Å²) in [4.78, 5) is 18.3. The van der Waals surface area contributed by atoms with E-state index in [1.165, 1.54) is 16.9 Å². The number of aromatic nitrogens is 1. The van der Waals surface area contributed by atoms with Crippen molar-refractivity contribution in [1.29, 1.82) is 0 Å². The fraction of sp³-hybridized carbons (Fsp3) is 0.200. The molecule has 0 saturated carbocycles. The van der Waals surface area contributed by atoms with Gasteiger partial charge in [-0.2, -0.15) is 11.3 Å². The molecule has 0 spiro atoms. The Kier molecular flexibility index (Phi) is 4.48. The molecular weight excluding hydrogens is 320 g/mol. The van der Waals surface area contributed by atoms with Gasteiger partial charge in [-0.25, -0.2) is 4.98 Å². The molecule has 0 fully saturated rings. The van der Waals surface area contributed by atoms with Crippen LogP contribution in [0.3, 0.4) is 0 Å². The number of thiazole rings is 1. The van der Waals surface area contributed by atoms with Gasteiger partial charge in [-0.15, -0.1) is 22.7 Å².